The van der Waals surface area contributed by atoms with Gasteiger partial charge in [-0.25, -0.2) is 0 Å². The van der Waals surface area contributed by atoms with Gasteiger partial charge in [-0.15, -0.1) is 0 Å². The number of methoxy groups -OCH3 is 1. The Hall–Kier alpha value is -2.87. The summed E-state index contributed by atoms with van der Waals surface area (Å²) >= 11 is 3.35. The van der Waals surface area contributed by atoms with Gasteiger partial charge in [-0.3, -0.25) is 4.79 Å². The van der Waals surface area contributed by atoms with Crippen LogP contribution in [0.2, 0.25) is 0 Å². The largest absolute Gasteiger partial charge is 0.497 e. The van der Waals surface area contributed by atoms with Crippen LogP contribution in [0.15, 0.2) is 57.5 Å². The molecule has 27 heavy (non-hydrogen) atoms. The first-order valence-electron chi connectivity index (χ1n) is 8.22. The monoisotopic (exact) mass is 431 g/mol. The zero-order valence-electron chi connectivity index (χ0n) is 14.8. The summed E-state index contributed by atoms with van der Waals surface area (Å²) in [6.45, 7) is 1.79. The highest BCUT2D eigenvalue weighted by Gasteiger charge is 2.16. The van der Waals surface area contributed by atoms with E-state index in [0.29, 0.717) is 23.2 Å². The molecule has 3 aromatic rings. The first-order chi connectivity index (χ1) is 13.0. The number of hydrogen-bond acceptors (Lipinski definition) is 6. The molecule has 0 bridgehead atoms. The van der Waals surface area contributed by atoms with E-state index in [1.54, 1.807) is 32.2 Å². The third kappa shape index (κ3) is 5.07. The molecule has 1 amide bonds. The average molecular weight is 432 g/mol. The second kappa shape index (κ2) is 8.68. The lowest BCUT2D eigenvalue weighted by molar-refractivity contribution is -0.127. The van der Waals surface area contributed by atoms with E-state index in [1.165, 1.54) is 0 Å². The number of nitrogens with one attached hydrogen (secondary N) is 1. The van der Waals surface area contributed by atoms with Crippen molar-refractivity contribution >= 4 is 21.8 Å². The minimum atomic E-state index is -0.660. The number of hydrogen-bond donors (Lipinski definition) is 1. The Morgan fingerprint density at radius 3 is 2.74 bits per heavy atom. The van der Waals surface area contributed by atoms with Gasteiger partial charge in [0.2, 0.25) is 11.7 Å². The molecule has 0 fully saturated rings. The molecule has 0 saturated heterocycles. The second-order valence-corrected chi connectivity index (χ2v) is 6.59. The molecule has 0 aliphatic rings. The maximum Gasteiger partial charge on any atom is 0.261 e. The van der Waals surface area contributed by atoms with Crippen LogP contribution in [0.1, 0.15) is 12.8 Å². The fraction of sp³-hybridized carbons (Fsp3) is 0.211. The summed E-state index contributed by atoms with van der Waals surface area (Å²) in [4.78, 5) is 16.5. The summed E-state index contributed by atoms with van der Waals surface area (Å²) in [6.07, 6.45) is -0.660. The molecule has 0 radical (unpaired) electrons. The molecule has 1 heterocycles. The predicted octanol–water partition coefficient (Wildman–Crippen LogP) is 3.59. The first-order valence-corrected chi connectivity index (χ1v) is 9.01. The van der Waals surface area contributed by atoms with E-state index in [0.717, 1.165) is 10.0 Å². The summed E-state index contributed by atoms with van der Waals surface area (Å²) < 4.78 is 16.9. The van der Waals surface area contributed by atoms with E-state index in [4.69, 9.17) is 14.0 Å². The minimum absolute atomic E-state index is 0.115. The highest BCUT2D eigenvalue weighted by atomic mass is 79.9. The molecule has 3 rings (SSSR count). The topological polar surface area (TPSA) is 86.5 Å². The van der Waals surface area contributed by atoms with E-state index in [2.05, 4.69) is 31.4 Å². The number of carbonyl (C=O) groups excluding carboxylic acids is 1. The highest BCUT2D eigenvalue weighted by molar-refractivity contribution is 9.10. The van der Waals surface area contributed by atoms with Crippen molar-refractivity contribution in [1.29, 1.82) is 0 Å². The van der Waals surface area contributed by atoms with Gasteiger partial charge in [0.1, 0.15) is 11.5 Å². The Morgan fingerprint density at radius 2 is 2.00 bits per heavy atom. The van der Waals surface area contributed by atoms with Crippen molar-refractivity contribution < 1.29 is 18.8 Å². The molecule has 0 aliphatic carbocycles. The molecule has 0 aliphatic heterocycles. The molecule has 0 saturated carbocycles. The van der Waals surface area contributed by atoms with Crippen LogP contribution in [-0.2, 0) is 11.3 Å². The van der Waals surface area contributed by atoms with Crippen molar-refractivity contribution in [3.63, 3.8) is 0 Å². The van der Waals surface area contributed by atoms with Crippen molar-refractivity contribution in [1.82, 2.24) is 15.5 Å². The number of carbonyl (C=O) groups is 1. The van der Waals surface area contributed by atoms with Crippen LogP contribution in [-0.4, -0.2) is 29.3 Å². The van der Waals surface area contributed by atoms with Crippen LogP contribution in [0.5, 0.6) is 11.5 Å². The van der Waals surface area contributed by atoms with Crippen LogP contribution in [0.4, 0.5) is 0 Å². The zero-order valence-corrected chi connectivity index (χ0v) is 16.4. The molecule has 140 valence electrons. The predicted molar refractivity (Wildman–Crippen MR) is 102 cm³/mol. The van der Waals surface area contributed by atoms with E-state index in [1.807, 2.05) is 30.3 Å². The third-order valence-electron chi connectivity index (χ3n) is 3.71. The molecule has 8 heteroatoms. The van der Waals surface area contributed by atoms with Crippen LogP contribution in [0, 0.1) is 0 Å². The standard InChI is InChI=1S/C19H18BrN3O4/c1-12(26-15-8-6-14(20)7-9-15)19(24)21-11-17-22-18(23-27-17)13-4-3-5-16(10-13)25-2/h3-10,12H,11H2,1-2H3,(H,21,24)/t12-/m0/s1. The number of rotatable bonds is 7. The van der Waals surface area contributed by atoms with Gasteiger partial charge >= 0.3 is 0 Å². The molecular formula is C19H18BrN3O4. The lowest BCUT2D eigenvalue weighted by atomic mass is 10.2. The maximum absolute atomic E-state index is 12.2. The van der Waals surface area contributed by atoms with Crippen LogP contribution < -0.4 is 14.8 Å². The quantitative estimate of drug-likeness (QED) is 0.614. The van der Waals surface area contributed by atoms with Gasteiger partial charge in [0.05, 0.1) is 13.7 Å². The summed E-state index contributed by atoms with van der Waals surface area (Å²) in [5.74, 6) is 1.76. The SMILES string of the molecule is COc1cccc(-c2noc(CNC(=O)[C@H](C)Oc3ccc(Br)cc3)n2)c1. The van der Waals surface area contributed by atoms with Gasteiger partial charge in [-0.2, -0.15) is 4.98 Å². The number of halogens is 1. The van der Waals surface area contributed by atoms with E-state index < -0.39 is 6.10 Å². The number of ether oxygens (including phenoxy) is 2. The lowest BCUT2D eigenvalue weighted by Gasteiger charge is -2.13. The van der Waals surface area contributed by atoms with Crippen molar-refractivity contribution in [3.8, 4) is 22.9 Å². The fourth-order valence-electron chi connectivity index (χ4n) is 2.28. The van der Waals surface area contributed by atoms with Gasteiger partial charge in [0.15, 0.2) is 6.10 Å². The number of nitrogens with zero attached hydrogens (tertiary/aromatic N) is 2. The third-order valence-corrected chi connectivity index (χ3v) is 4.23. The minimum Gasteiger partial charge on any atom is -0.497 e. The normalized spacial score (nSPS) is 11.7. The van der Waals surface area contributed by atoms with E-state index >= 15 is 0 Å². The molecule has 2 aromatic carbocycles. The Morgan fingerprint density at radius 1 is 1.22 bits per heavy atom. The van der Waals surface area contributed by atoms with Crippen LogP contribution in [0.3, 0.4) is 0 Å². The molecule has 1 N–H and O–H groups in total. The lowest BCUT2D eigenvalue weighted by Crippen LogP contribution is -2.35. The molecule has 1 aromatic heterocycles. The van der Waals surface area contributed by atoms with Crippen LogP contribution >= 0.6 is 15.9 Å². The van der Waals surface area contributed by atoms with Crippen molar-refractivity contribution in [3.05, 3.63) is 58.9 Å². The highest BCUT2D eigenvalue weighted by Crippen LogP contribution is 2.21. The van der Waals surface area contributed by atoms with Gasteiger partial charge < -0.3 is 19.3 Å². The van der Waals surface area contributed by atoms with Crippen molar-refractivity contribution in [2.24, 2.45) is 0 Å². The van der Waals surface area contributed by atoms with Gasteiger partial charge in [0, 0.05) is 10.0 Å². The Labute approximate surface area is 164 Å². The number of amides is 1. The van der Waals surface area contributed by atoms with Crippen molar-refractivity contribution in [2.45, 2.75) is 19.6 Å². The maximum atomic E-state index is 12.2. The zero-order chi connectivity index (χ0) is 19.2. The van der Waals surface area contributed by atoms with E-state index in [-0.39, 0.29) is 12.5 Å². The molecular weight excluding hydrogens is 414 g/mol. The number of benzene rings is 2. The van der Waals surface area contributed by atoms with Gasteiger partial charge in [0.25, 0.3) is 5.91 Å². The Balaban J connectivity index is 1.55. The van der Waals surface area contributed by atoms with E-state index in [9.17, 15) is 4.79 Å². The second-order valence-electron chi connectivity index (χ2n) is 5.68. The summed E-state index contributed by atoms with van der Waals surface area (Å²) in [7, 11) is 1.59. The van der Waals surface area contributed by atoms with Gasteiger partial charge in [-0.1, -0.05) is 33.2 Å². The average Bonchev–Trinajstić information content (AvgIpc) is 3.17. The first kappa shape index (κ1) is 18.9. The summed E-state index contributed by atoms with van der Waals surface area (Å²) in [6, 6.07) is 14.6. The molecule has 7 nitrogen and oxygen atoms in total. The van der Waals surface area contributed by atoms with Crippen LogP contribution in [0.25, 0.3) is 11.4 Å². The van der Waals surface area contributed by atoms with Crippen molar-refractivity contribution in [2.75, 3.05) is 7.11 Å². The van der Waals surface area contributed by atoms with Gasteiger partial charge in [-0.05, 0) is 43.3 Å². The fourth-order valence-corrected chi connectivity index (χ4v) is 2.55. The molecule has 1 atom stereocenters. The molecule has 0 spiro atoms. The smallest absolute Gasteiger partial charge is 0.261 e. The number of aromatic nitrogens is 2. The molecule has 0 unspecified atom stereocenters. The Bertz CT molecular complexity index is 911. The summed E-state index contributed by atoms with van der Waals surface area (Å²) in [5.41, 5.74) is 0.766. The summed E-state index contributed by atoms with van der Waals surface area (Å²) in [5, 5.41) is 6.66. The Kier molecular flexibility index (Phi) is 6.08.